The number of ketones is 1. The third kappa shape index (κ3) is 4.61. The van der Waals surface area contributed by atoms with Crippen molar-refractivity contribution >= 4 is 23.1 Å². The Labute approximate surface area is 182 Å². The van der Waals surface area contributed by atoms with Gasteiger partial charge in [-0.25, -0.2) is 0 Å². The lowest BCUT2D eigenvalue weighted by Gasteiger charge is -2.29. The van der Waals surface area contributed by atoms with Gasteiger partial charge in [0, 0.05) is 16.3 Å². The quantitative estimate of drug-likeness (QED) is 0.327. The van der Waals surface area contributed by atoms with Crippen LogP contribution in [-0.2, 0) is 0 Å². The summed E-state index contributed by atoms with van der Waals surface area (Å²) in [4.78, 5) is 13.7. The van der Waals surface area contributed by atoms with Crippen LogP contribution in [0.4, 0.5) is 5.69 Å². The standard InChI is InChI=1S/C27H22ClNO/c28-23-16-18-24(19-17-23)29-26(21-12-6-2-7-13-21)25(20-10-4-1-5-11-20)27(30)22-14-8-3-9-15-22/h1-19,25-26,29H. The predicted octanol–water partition coefficient (Wildman–Crippen LogP) is 7.16. The first kappa shape index (κ1) is 19.9. The Morgan fingerprint density at radius 1 is 0.633 bits per heavy atom. The summed E-state index contributed by atoms with van der Waals surface area (Å²) in [7, 11) is 0. The van der Waals surface area contributed by atoms with E-state index in [1.54, 1.807) is 0 Å². The molecular formula is C27H22ClNO. The zero-order chi connectivity index (χ0) is 20.8. The molecule has 0 amide bonds. The minimum absolute atomic E-state index is 0.0807. The summed E-state index contributed by atoms with van der Waals surface area (Å²) in [5.41, 5.74) is 3.63. The second-order valence-electron chi connectivity index (χ2n) is 7.16. The normalized spacial score (nSPS) is 12.7. The fraction of sp³-hybridized carbons (Fsp3) is 0.0741. The fourth-order valence-corrected chi connectivity index (χ4v) is 3.81. The highest BCUT2D eigenvalue weighted by molar-refractivity contribution is 6.30. The van der Waals surface area contributed by atoms with E-state index in [0.717, 1.165) is 16.8 Å². The van der Waals surface area contributed by atoms with Crippen LogP contribution in [0.3, 0.4) is 0 Å². The Kier molecular flexibility index (Phi) is 6.26. The van der Waals surface area contributed by atoms with Crippen LogP contribution in [0.1, 0.15) is 33.4 Å². The van der Waals surface area contributed by atoms with E-state index in [1.165, 1.54) is 0 Å². The van der Waals surface area contributed by atoms with Crippen LogP contribution in [0.5, 0.6) is 0 Å². The van der Waals surface area contributed by atoms with Crippen molar-refractivity contribution in [2.24, 2.45) is 0 Å². The maximum absolute atomic E-state index is 13.7. The fourth-order valence-electron chi connectivity index (χ4n) is 3.68. The Balaban J connectivity index is 1.82. The lowest BCUT2D eigenvalue weighted by Crippen LogP contribution is -2.26. The lowest BCUT2D eigenvalue weighted by atomic mass is 9.81. The molecule has 0 saturated heterocycles. The van der Waals surface area contributed by atoms with E-state index in [0.29, 0.717) is 10.6 Å². The summed E-state index contributed by atoms with van der Waals surface area (Å²) < 4.78 is 0. The topological polar surface area (TPSA) is 29.1 Å². The van der Waals surface area contributed by atoms with Crippen molar-refractivity contribution in [1.29, 1.82) is 0 Å². The molecule has 148 valence electrons. The smallest absolute Gasteiger partial charge is 0.172 e. The molecule has 2 nitrogen and oxygen atoms in total. The highest BCUT2D eigenvalue weighted by Gasteiger charge is 2.31. The summed E-state index contributed by atoms with van der Waals surface area (Å²) >= 11 is 6.07. The van der Waals surface area contributed by atoms with Gasteiger partial charge >= 0.3 is 0 Å². The van der Waals surface area contributed by atoms with Gasteiger partial charge in [-0.05, 0) is 35.4 Å². The molecule has 2 unspecified atom stereocenters. The zero-order valence-electron chi connectivity index (χ0n) is 16.4. The lowest BCUT2D eigenvalue weighted by molar-refractivity contribution is 0.0950. The number of benzene rings is 4. The molecule has 0 bridgehead atoms. The van der Waals surface area contributed by atoms with Gasteiger partial charge in [0.15, 0.2) is 5.78 Å². The molecule has 4 aromatic carbocycles. The number of Topliss-reactive ketones (excluding diaryl/α,β-unsaturated/α-hetero) is 1. The molecule has 0 saturated carbocycles. The van der Waals surface area contributed by atoms with Crippen LogP contribution >= 0.6 is 11.6 Å². The number of carbonyl (C=O) groups excluding carboxylic acids is 1. The van der Waals surface area contributed by atoms with E-state index in [-0.39, 0.29) is 11.8 Å². The van der Waals surface area contributed by atoms with Crippen LogP contribution in [-0.4, -0.2) is 5.78 Å². The monoisotopic (exact) mass is 411 g/mol. The Morgan fingerprint density at radius 3 is 1.70 bits per heavy atom. The number of rotatable bonds is 7. The summed E-state index contributed by atoms with van der Waals surface area (Å²) in [5.74, 6) is -0.316. The van der Waals surface area contributed by atoms with Gasteiger partial charge in [-0.1, -0.05) is 103 Å². The molecule has 0 spiro atoms. The minimum Gasteiger partial charge on any atom is -0.377 e. The van der Waals surface area contributed by atoms with E-state index < -0.39 is 5.92 Å². The summed E-state index contributed by atoms with van der Waals surface area (Å²) in [6.45, 7) is 0. The highest BCUT2D eigenvalue weighted by Crippen LogP contribution is 2.37. The number of halogens is 1. The SMILES string of the molecule is O=C(c1ccccc1)C(c1ccccc1)C(Nc1ccc(Cl)cc1)c1ccccc1. The molecule has 0 fully saturated rings. The van der Waals surface area contributed by atoms with E-state index in [9.17, 15) is 4.79 Å². The van der Waals surface area contributed by atoms with E-state index in [2.05, 4.69) is 17.4 Å². The summed E-state index contributed by atoms with van der Waals surface area (Å²) in [6.07, 6.45) is 0. The molecule has 0 radical (unpaired) electrons. The Morgan fingerprint density at radius 2 is 1.13 bits per heavy atom. The van der Waals surface area contributed by atoms with Crippen LogP contribution < -0.4 is 5.32 Å². The zero-order valence-corrected chi connectivity index (χ0v) is 17.2. The van der Waals surface area contributed by atoms with Crippen molar-refractivity contribution in [2.75, 3.05) is 5.32 Å². The highest BCUT2D eigenvalue weighted by atomic mass is 35.5. The van der Waals surface area contributed by atoms with Crippen molar-refractivity contribution in [3.63, 3.8) is 0 Å². The number of anilines is 1. The van der Waals surface area contributed by atoms with Crippen molar-refractivity contribution in [3.05, 3.63) is 137 Å². The van der Waals surface area contributed by atoms with Crippen molar-refractivity contribution in [2.45, 2.75) is 12.0 Å². The third-order valence-corrected chi connectivity index (χ3v) is 5.41. The van der Waals surface area contributed by atoms with E-state index in [4.69, 9.17) is 11.6 Å². The summed E-state index contributed by atoms with van der Waals surface area (Å²) in [5, 5.41) is 4.27. The van der Waals surface area contributed by atoms with Crippen LogP contribution in [0.25, 0.3) is 0 Å². The van der Waals surface area contributed by atoms with Crippen LogP contribution in [0.2, 0.25) is 5.02 Å². The van der Waals surface area contributed by atoms with Gasteiger partial charge < -0.3 is 5.32 Å². The van der Waals surface area contributed by atoms with Gasteiger partial charge in [0.05, 0.1) is 12.0 Å². The average Bonchev–Trinajstić information content (AvgIpc) is 2.82. The van der Waals surface area contributed by atoms with Crippen LogP contribution in [0, 0.1) is 0 Å². The molecular weight excluding hydrogens is 390 g/mol. The van der Waals surface area contributed by atoms with Gasteiger partial charge in [0.25, 0.3) is 0 Å². The van der Waals surface area contributed by atoms with Crippen LogP contribution in [0.15, 0.2) is 115 Å². The van der Waals surface area contributed by atoms with E-state index in [1.807, 2.05) is 103 Å². The predicted molar refractivity (Wildman–Crippen MR) is 124 cm³/mol. The van der Waals surface area contributed by atoms with Crippen molar-refractivity contribution < 1.29 is 4.79 Å². The molecule has 0 aliphatic heterocycles. The molecule has 2 atom stereocenters. The molecule has 4 rings (SSSR count). The minimum atomic E-state index is -0.397. The van der Waals surface area contributed by atoms with Gasteiger partial charge in [-0.15, -0.1) is 0 Å². The van der Waals surface area contributed by atoms with Gasteiger partial charge in [-0.2, -0.15) is 0 Å². The maximum atomic E-state index is 13.7. The Bertz CT molecular complexity index is 1080. The first-order valence-electron chi connectivity index (χ1n) is 9.93. The number of nitrogens with one attached hydrogen (secondary N) is 1. The van der Waals surface area contributed by atoms with Gasteiger partial charge in [0.1, 0.15) is 0 Å². The van der Waals surface area contributed by atoms with Crippen molar-refractivity contribution in [1.82, 2.24) is 0 Å². The molecule has 0 aliphatic carbocycles. The number of carbonyl (C=O) groups is 1. The molecule has 3 heteroatoms. The van der Waals surface area contributed by atoms with Gasteiger partial charge in [-0.3, -0.25) is 4.79 Å². The largest absolute Gasteiger partial charge is 0.377 e. The maximum Gasteiger partial charge on any atom is 0.172 e. The summed E-state index contributed by atoms with van der Waals surface area (Å²) in [6, 6.07) is 36.9. The average molecular weight is 412 g/mol. The van der Waals surface area contributed by atoms with E-state index >= 15 is 0 Å². The second kappa shape index (κ2) is 9.43. The third-order valence-electron chi connectivity index (χ3n) is 5.16. The molecule has 0 aromatic heterocycles. The second-order valence-corrected chi connectivity index (χ2v) is 7.59. The molecule has 1 N–H and O–H groups in total. The van der Waals surface area contributed by atoms with Gasteiger partial charge in [0.2, 0.25) is 0 Å². The molecule has 30 heavy (non-hydrogen) atoms. The number of hydrogen-bond donors (Lipinski definition) is 1. The van der Waals surface area contributed by atoms with Crippen molar-refractivity contribution in [3.8, 4) is 0 Å². The Hall–Kier alpha value is -3.36. The molecule has 4 aromatic rings. The number of hydrogen-bond acceptors (Lipinski definition) is 2. The molecule has 0 aliphatic rings. The first-order valence-corrected chi connectivity index (χ1v) is 10.3. The molecule has 0 heterocycles. The first-order chi connectivity index (χ1) is 14.7.